The Morgan fingerprint density at radius 1 is 1.09 bits per heavy atom. The lowest BCUT2D eigenvalue weighted by molar-refractivity contribution is -0.318. The van der Waals surface area contributed by atoms with Gasteiger partial charge in [-0.15, -0.1) is 0 Å². The molecule has 0 aromatic heterocycles. The smallest absolute Gasteiger partial charge is 0.311 e. The number of rotatable bonds is 6. The number of likely N-dealkylation sites (tertiary alicyclic amines) is 1. The lowest BCUT2D eigenvalue weighted by atomic mass is 9.42. The first kappa shape index (κ1) is 23.6. The van der Waals surface area contributed by atoms with Crippen LogP contribution in [0.5, 0.6) is 0 Å². The molecule has 1 aliphatic heterocycles. The minimum atomic E-state index is -1.69. The number of carbonyl (C=O) groups is 1. The summed E-state index contributed by atoms with van der Waals surface area (Å²) in [6, 6.07) is -0.476. The maximum Gasteiger partial charge on any atom is 0.311 e. The van der Waals surface area contributed by atoms with E-state index in [1.165, 1.54) is 0 Å². The standard InChI is InChI=1S/C25H39NO8/c1-6-26-11-22(21(27)28)8-7-15(32-3)24-13-9-12-14(31-2)10-23(29,16(13)17(12)33-4)25(30,20(24)26)19(34-5)18(22)24/h12-20,29-30H,6-11H2,1-5H3,(H,27,28)/t12-,13-,14+,15+,16-,17+,18-,19+,20-,22-,23-,24+,25+/m1/s1. The summed E-state index contributed by atoms with van der Waals surface area (Å²) in [6.07, 6.45) is 0.447. The van der Waals surface area contributed by atoms with E-state index in [9.17, 15) is 20.1 Å². The van der Waals surface area contributed by atoms with Crippen LogP contribution in [0.25, 0.3) is 0 Å². The molecule has 5 aliphatic carbocycles. The third kappa shape index (κ3) is 2.11. The van der Waals surface area contributed by atoms with Gasteiger partial charge >= 0.3 is 5.97 Å². The highest BCUT2D eigenvalue weighted by molar-refractivity contribution is 5.77. The Morgan fingerprint density at radius 3 is 2.38 bits per heavy atom. The van der Waals surface area contributed by atoms with Gasteiger partial charge in [0.2, 0.25) is 0 Å². The van der Waals surface area contributed by atoms with E-state index in [1.807, 2.05) is 6.92 Å². The summed E-state index contributed by atoms with van der Waals surface area (Å²) in [4.78, 5) is 15.2. The second kappa shape index (κ2) is 7.15. The molecule has 1 heterocycles. The summed E-state index contributed by atoms with van der Waals surface area (Å²) in [6.45, 7) is 2.92. The molecule has 6 fully saturated rings. The third-order valence-electron chi connectivity index (χ3n) is 11.6. The zero-order valence-corrected chi connectivity index (χ0v) is 20.8. The fourth-order valence-corrected chi connectivity index (χ4v) is 10.9. The average Bonchev–Trinajstić information content (AvgIpc) is 3.23. The number of fused-ring (bicyclic) bond motifs is 2. The molecule has 13 atom stereocenters. The minimum absolute atomic E-state index is 0.0676. The Labute approximate surface area is 200 Å². The van der Waals surface area contributed by atoms with Gasteiger partial charge < -0.3 is 34.3 Å². The lowest BCUT2D eigenvalue weighted by Crippen LogP contribution is -2.82. The summed E-state index contributed by atoms with van der Waals surface area (Å²) in [5.74, 6) is -1.68. The first-order valence-corrected chi connectivity index (χ1v) is 12.7. The summed E-state index contributed by atoms with van der Waals surface area (Å²) >= 11 is 0. The van der Waals surface area contributed by atoms with Crippen LogP contribution in [0.15, 0.2) is 0 Å². The van der Waals surface area contributed by atoms with Crippen molar-refractivity contribution in [3.63, 3.8) is 0 Å². The monoisotopic (exact) mass is 481 g/mol. The van der Waals surface area contributed by atoms with Crippen molar-refractivity contribution in [3.05, 3.63) is 0 Å². The first-order valence-electron chi connectivity index (χ1n) is 12.7. The van der Waals surface area contributed by atoms with Crippen LogP contribution in [0, 0.1) is 34.5 Å². The first-order chi connectivity index (χ1) is 16.2. The number of piperidine rings is 1. The van der Waals surface area contributed by atoms with Crippen LogP contribution in [-0.4, -0.2) is 109 Å². The average molecular weight is 482 g/mol. The summed E-state index contributed by atoms with van der Waals surface area (Å²) in [5, 5.41) is 36.4. The van der Waals surface area contributed by atoms with Crippen molar-refractivity contribution in [1.82, 2.24) is 4.90 Å². The van der Waals surface area contributed by atoms with Gasteiger partial charge in [0, 0.05) is 64.6 Å². The van der Waals surface area contributed by atoms with Crippen LogP contribution in [-0.2, 0) is 23.7 Å². The highest BCUT2D eigenvalue weighted by Gasteiger charge is 2.92. The molecule has 0 amide bonds. The Balaban J connectivity index is 1.70. The van der Waals surface area contributed by atoms with Crippen molar-refractivity contribution in [2.75, 3.05) is 41.5 Å². The highest BCUT2D eigenvalue weighted by atomic mass is 16.5. The molecular weight excluding hydrogens is 442 g/mol. The largest absolute Gasteiger partial charge is 0.481 e. The van der Waals surface area contributed by atoms with Gasteiger partial charge in [-0.25, -0.2) is 0 Å². The molecule has 0 radical (unpaired) electrons. The highest BCUT2D eigenvalue weighted by Crippen LogP contribution is 2.80. The van der Waals surface area contributed by atoms with E-state index >= 15 is 0 Å². The maximum atomic E-state index is 13.1. The number of ether oxygens (including phenoxy) is 4. The molecule has 0 aromatic rings. The van der Waals surface area contributed by atoms with Crippen LogP contribution < -0.4 is 0 Å². The molecule has 7 bridgehead atoms. The fourth-order valence-electron chi connectivity index (χ4n) is 10.9. The van der Waals surface area contributed by atoms with Gasteiger partial charge in [0.1, 0.15) is 11.2 Å². The lowest BCUT2D eigenvalue weighted by Gasteiger charge is -2.69. The second-order valence-electron chi connectivity index (χ2n) is 11.8. The van der Waals surface area contributed by atoms with Crippen molar-refractivity contribution in [2.24, 2.45) is 34.5 Å². The Kier molecular flexibility index (Phi) is 4.96. The number of aliphatic carboxylic acids is 1. The number of hydrogen-bond donors (Lipinski definition) is 3. The van der Waals surface area contributed by atoms with E-state index in [-0.39, 0.29) is 42.5 Å². The molecule has 192 valence electrons. The van der Waals surface area contributed by atoms with Crippen LogP contribution >= 0.6 is 0 Å². The Hall–Kier alpha value is -0.810. The molecule has 3 N–H and O–H groups in total. The zero-order chi connectivity index (χ0) is 24.4. The summed E-state index contributed by atoms with van der Waals surface area (Å²) in [5.41, 5.74) is -4.99. The van der Waals surface area contributed by atoms with Gasteiger partial charge in [0.15, 0.2) is 0 Å². The predicted octanol–water partition coefficient (Wildman–Crippen LogP) is 0.363. The number of hydrogen-bond acceptors (Lipinski definition) is 8. The van der Waals surface area contributed by atoms with Crippen LogP contribution in [0.2, 0.25) is 0 Å². The normalized spacial score (nSPS) is 59.3. The summed E-state index contributed by atoms with van der Waals surface area (Å²) in [7, 11) is 6.57. The van der Waals surface area contributed by atoms with Crippen molar-refractivity contribution in [3.8, 4) is 0 Å². The van der Waals surface area contributed by atoms with Crippen molar-refractivity contribution in [1.29, 1.82) is 0 Å². The van der Waals surface area contributed by atoms with E-state index in [1.54, 1.807) is 28.4 Å². The SMILES string of the molecule is CCN1C[C@]2(C(=O)O)CC[C@H](OC)[C@]34[C@@H]5C[C@H]6[C@H](OC)[C@@H]5[C@](O)(C[C@@H]6OC)[C@@](O)([C@H]13)[C@@H](OC)[C@H]24. The number of carboxylic acid groups (broad SMARTS) is 1. The predicted molar refractivity (Wildman–Crippen MR) is 119 cm³/mol. The van der Waals surface area contributed by atoms with Gasteiger partial charge in [-0.2, -0.15) is 0 Å². The topological polar surface area (TPSA) is 118 Å². The second-order valence-corrected chi connectivity index (χ2v) is 11.8. The molecule has 0 unspecified atom stereocenters. The summed E-state index contributed by atoms with van der Waals surface area (Å²) < 4.78 is 24.3. The molecule has 34 heavy (non-hydrogen) atoms. The molecule has 1 spiro atoms. The van der Waals surface area contributed by atoms with Gasteiger partial charge in [0.25, 0.3) is 0 Å². The third-order valence-corrected chi connectivity index (χ3v) is 11.6. The van der Waals surface area contributed by atoms with E-state index < -0.39 is 46.1 Å². The zero-order valence-electron chi connectivity index (χ0n) is 20.8. The van der Waals surface area contributed by atoms with Gasteiger partial charge in [-0.05, 0) is 31.7 Å². The molecule has 9 heteroatoms. The minimum Gasteiger partial charge on any atom is -0.481 e. The molecule has 6 rings (SSSR count). The molecular formula is C25H39NO8. The van der Waals surface area contributed by atoms with E-state index in [4.69, 9.17) is 18.9 Å². The fraction of sp³-hybridized carbons (Fsp3) is 0.960. The Morgan fingerprint density at radius 2 is 1.82 bits per heavy atom. The van der Waals surface area contributed by atoms with Crippen LogP contribution in [0.4, 0.5) is 0 Å². The van der Waals surface area contributed by atoms with E-state index in [2.05, 4.69) is 4.90 Å². The van der Waals surface area contributed by atoms with Gasteiger partial charge in [0.05, 0.1) is 35.9 Å². The van der Waals surface area contributed by atoms with Gasteiger partial charge in [-0.1, -0.05) is 6.92 Å². The van der Waals surface area contributed by atoms with Crippen LogP contribution in [0.3, 0.4) is 0 Å². The number of likely N-dealkylation sites (N-methyl/N-ethyl adjacent to an activating group) is 1. The number of carboxylic acids is 1. The molecule has 1 saturated heterocycles. The number of aliphatic hydroxyl groups is 2. The Bertz CT molecular complexity index is 887. The molecule has 6 aliphatic rings. The van der Waals surface area contributed by atoms with Crippen molar-refractivity contribution < 1.29 is 39.1 Å². The van der Waals surface area contributed by atoms with E-state index in [0.29, 0.717) is 25.9 Å². The maximum absolute atomic E-state index is 13.1. The molecule has 0 aromatic carbocycles. The van der Waals surface area contributed by atoms with Crippen LogP contribution in [0.1, 0.15) is 32.6 Å². The quantitative estimate of drug-likeness (QED) is 0.494. The molecule has 5 saturated carbocycles. The van der Waals surface area contributed by atoms with Crippen molar-refractivity contribution in [2.45, 2.75) is 74.3 Å². The van der Waals surface area contributed by atoms with Gasteiger partial charge in [-0.3, -0.25) is 9.69 Å². The number of nitrogens with zero attached hydrogens (tertiary/aromatic N) is 1. The molecule has 9 nitrogen and oxygen atoms in total. The van der Waals surface area contributed by atoms with E-state index in [0.717, 1.165) is 6.42 Å². The number of methoxy groups -OCH3 is 4. The van der Waals surface area contributed by atoms with Crippen molar-refractivity contribution >= 4 is 5.97 Å².